The molecule has 0 aromatic heterocycles. The van der Waals surface area contributed by atoms with Crippen LogP contribution in [0.5, 0.6) is 0 Å². The summed E-state index contributed by atoms with van der Waals surface area (Å²) in [5.74, 6) is -2.95. The summed E-state index contributed by atoms with van der Waals surface area (Å²) >= 11 is 0. The van der Waals surface area contributed by atoms with Gasteiger partial charge in [0.2, 0.25) is 0 Å². The molecular weight excluding hydrogens is 556 g/mol. The van der Waals surface area contributed by atoms with E-state index in [0.29, 0.717) is 0 Å². The van der Waals surface area contributed by atoms with Gasteiger partial charge in [0.1, 0.15) is 24.9 Å². The standard InChI is InChI=1S/C25H32O14S/c1-13-6-8-18(9-7-13)40(30,31)34-12-20-19(38-20)10-33-25-24(37-17(5)29)23(36-16(4)28)22(35-15(3)27)21(39-25)11-32-14(2)26/h6-9,19-25H,10-12H2,1-5H3/t19-,20+,21-,22-,23+,24-,25-/m1/s1. The minimum atomic E-state index is -4.00. The molecule has 0 N–H and O–H groups in total. The summed E-state index contributed by atoms with van der Waals surface area (Å²) in [6, 6.07) is 6.16. The summed E-state index contributed by atoms with van der Waals surface area (Å²) in [5.41, 5.74) is 0.892. The normalized spacial score (nSPS) is 27.8. The van der Waals surface area contributed by atoms with Crippen molar-refractivity contribution in [2.75, 3.05) is 19.8 Å². The summed E-state index contributed by atoms with van der Waals surface area (Å²) in [5, 5.41) is 0. The number of benzene rings is 1. The van der Waals surface area contributed by atoms with Crippen LogP contribution >= 0.6 is 0 Å². The number of rotatable bonds is 12. The molecule has 0 aliphatic carbocycles. The molecule has 0 saturated carbocycles. The third-order valence-corrected chi connectivity index (χ3v) is 7.05. The lowest BCUT2D eigenvalue weighted by Gasteiger charge is -2.44. The lowest BCUT2D eigenvalue weighted by Crippen LogP contribution is -2.63. The maximum Gasteiger partial charge on any atom is 0.303 e. The molecule has 0 radical (unpaired) electrons. The summed E-state index contributed by atoms with van der Waals surface area (Å²) in [7, 11) is -4.00. The average molecular weight is 589 g/mol. The zero-order valence-corrected chi connectivity index (χ0v) is 23.4. The Balaban J connectivity index is 1.69. The first-order valence-electron chi connectivity index (χ1n) is 12.3. The van der Waals surface area contributed by atoms with Crippen molar-refractivity contribution in [3.05, 3.63) is 29.8 Å². The molecule has 7 atom stereocenters. The number of carbonyl (C=O) groups is 4. The molecule has 1 aromatic rings. The first-order chi connectivity index (χ1) is 18.8. The second-order valence-corrected chi connectivity index (χ2v) is 10.8. The minimum Gasteiger partial charge on any atom is -0.463 e. The molecule has 40 heavy (non-hydrogen) atoms. The molecule has 0 amide bonds. The van der Waals surface area contributed by atoms with Crippen LogP contribution < -0.4 is 0 Å². The average Bonchev–Trinajstić information content (AvgIpc) is 3.61. The van der Waals surface area contributed by atoms with Gasteiger partial charge in [-0.2, -0.15) is 8.42 Å². The van der Waals surface area contributed by atoms with Crippen molar-refractivity contribution in [2.24, 2.45) is 0 Å². The molecule has 2 heterocycles. The number of carbonyl (C=O) groups excluding carboxylic acids is 4. The molecule has 14 nitrogen and oxygen atoms in total. The highest BCUT2D eigenvalue weighted by molar-refractivity contribution is 7.86. The van der Waals surface area contributed by atoms with Crippen LogP contribution in [0.4, 0.5) is 0 Å². The maximum absolute atomic E-state index is 12.4. The lowest BCUT2D eigenvalue weighted by atomic mass is 9.98. The van der Waals surface area contributed by atoms with Crippen molar-refractivity contribution in [2.45, 2.75) is 82.4 Å². The molecular formula is C25H32O14S. The predicted molar refractivity (Wildman–Crippen MR) is 131 cm³/mol. The second kappa shape index (κ2) is 13.5. The zero-order chi connectivity index (χ0) is 29.6. The van der Waals surface area contributed by atoms with Crippen molar-refractivity contribution in [1.29, 1.82) is 0 Å². The van der Waals surface area contributed by atoms with Gasteiger partial charge in [0.15, 0.2) is 24.6 Å². The summed E-state index contributed by atoms with van der Waals surface area (Å²) in [6.07, 6.45) is -7.81. The largest absolute Gasteiger partial charge is 0.463 e. The number of hydrogen-bond acceptors (Lipinski definition) is 14. The van der Waals surface area contributed by atoms with Gasteiger partial charge in [-0.1, -0.05) is 17.7 Å². The molecule has 2 aliphatic rings. The summed E-state index contributed by atoms with van der Waals surface area (Å²) in [4.78, 5) is 47.0. The van der Waals surface area contributed by atoms with Crippen LogP contribution in [-0.2, 0) is 66.6 Å². The van der Waals surface area contributed by atoms with E-state index in [0.717, 1.165) is 33.3 Å². The number of ether oxygens (including phenoxy) is 7. The molecule has 3 rings (SSSR count). The van der Waals surface area contributed by atoms with Crippen molar-refractivity contribution in [1.82, 2.24) is 0 Å². The van der Waals surface area contributed by atoms with Crippen LogP contribution in [0.3, 0.4) is 0 Å². The third-order valence-electron chi connectivity index (χ3n) is 5.76. The first kappa shape index (κ1) is 31.4. The Labute approximate surface area is 231 Å². The van der Waals surface area contributed by atoms with Crippen LogP contribution in [-0.4, -0.2) is 95.0 Å². The number of epoxide rings is 1. The molecule has 1 aromatic carbocycles. The van der Waals surface area contributed by atoms with E-state index in [4.69, 9.17) is 37.3 Å². The molecule has 222 valence electrons. The molecule has 15 heteroatoms. The van der Waals surface area contributed by atoms with Crippen LogP contribution in [0.1, 0.15) is 33.3 Å². The van der Waals surface area contributed by atoms with E-state index in [-0.39, 0.29) is 18.1 Å². The van der Waals surface area contributed by atoms with Crippen LogP contribution in [0, 0.1) is 6.92 Å². The van der Waals surface area contributed by atoms with Gasteiger partial charge in [0.25, 0.3) is 10.1 Å². The Morgan fingerprint density at radius 1 is 0.700 bits per heavy atom. The van der Waals surface area contributed by atoms with Crippen molar-refractivity contribution < 1.29 is 64.9 Å². The Morgan fingerprint density at radius 3 is 1.82 bits per heavy atom. The highest BCUT2D eigenvalue weighted by Crippen LogP contribution is 2.32. The second-order valence-electron chi connectivity index (χ2n) is 9.17. The Kier molecular flexibility index (Phi) is 10.6. The molecule has 2 fully saturated rings. The smallest absolute Gasteiger partial charge is 0.303 e. The zero-order valence-electron chi connectivity index (χ0n) is 22.6. The fraction of sp³-hybridized carbons (Fsp3) is 0.600. The number of esters is 4. The maximum atomic E-state index is 12.4. The van der Waals surface area contributed by atoms with Gasteiger partial charge in [0.05, 0.1) is 18.1 Å². The van der Waals surface area contributed by atoms with Crippen molar-refractivity contribution >= 4 is 34.0 Å². The van der Waals surface area contributed by atoms with Gasteiger partial charge in [-0.15, -0.1) is 0 Å². The molecule has 0 unspecified atom stereocenters. The SMILES string of the molecule is CC(=O)OC[C@H]1O[C@@H](OC[C@H]2O[C@H]2COS(=O)(=O)c2ccc(C)cc2)[C@H](OC(C)=O)[C@@H](OC(C)=O)[C@@H]1OC(C)=O. The first-order valence-corrected chi connectivity index (χ1v) is 13.7. The third kappa shape index (κ3) is 8.96. The topological polar surface area (TPSA) is 180 Å². The quantitative estimate of drug-likeness (QED) is 0.143. The number of hydrogen-bond donors (Lipinski definition) is 0. The van der Waals surface area contributed by atoms with Crippen molar-refractivity contribution in [3.63, 3.8) is 0 Å². The predicted octanol–water partition coefficient (Wildman–Crippen LogP) is 0.567. The van der Waals surface area contributed by atoms with Gasteiger partial charge >= 0.3 is 23.9 Å². The number of aryl methyl sites for hydroxylation is 1. The van der Waals surface area contributed by atoms with Gasteiger partial charge in [0, 0.05) is 27.7 Å². The van der Waals surface area contributed by atoms with E-state index in [2.05, 4.69) is 0 Å². The Morgan fingerprint density at radius 2 is 1.25 bits per heavy atom. The van der Waals surface area contributed by atoms with E-state index < -0.39 is 83.5 Å². The van der Waals surface area contributed by atoms with Gasteiger partial charge in [-0.3, -0.25) is 23.4 Å². The van der Waals surface area contributed by atoms with E-state index >= 15 is 0 Å². The van der Waals surface area contributed by atoms with Crippen molar-refractivity contribution in [3.8, 4) is 0 Å². The van der Waals surface area contributed by atoms with Gasteiger partial charge in [-0.25, -0.2) is 0 Å². The van der Waals surface area contributed by atoms with E-state index in [1.165, 1.54) is 12.1 Å². The molecule has 2 saturated heterocycles. The molecule has 2 aliphatic heterocycles. The minimum absolute atomic E-state index is 0.00375. The van der Waals surface area contributed by atoms with E-state index in [1.54, 1.807) is 12.1 Å². The fourth-order valence-corrected chi connectivity index (χ4v) is 4.83. The van der Waals surface area contributed by atoms with Crippen LogP contribution in [0.2, 0.25) is 0 Å². The van der Waals surface area contributed by atoms with Crippen LogP contribution in [0.25, 0.3) is 0 Å². The highest BCUT2D eigenvalue weighted by atomic mass is 32.2. The molecule has 0 bridgehead atoms. The van der Waals surface area contributed by atoms with Crippen LogP contribution in [0.15, 0.2) is 29.2 Å². The Bertz CT molecular complexity index is 1180. The summed E-state index contributed by atoms with van der Waals surface area (Å²) < 4.78 is 68.0. The fourth-order valence-electron chi connectivity index (χ4n) is 3.91. The Hall–Kier alpha value is -3.11. The monoisotopic (exact) mass is 588 g/mol. The molecule has 0 spiro atoms. The van der Waals surface area contributed by atoms with E-state index in [1.807, 2.05) is 6.92 Å². The lowest BCUT2D eigenvalue weighted by molar-refractivity contribution is -0.308. The van der Waals surface area contributed by atoms with Gasteiger partial charge < -0.3 is 33.2 Å². The van der Waals surface area contributed by atoms with E-state index in [9.17, 15) is 27.6 Å². The summed E-state index contributed by atoms with van der Waals surface area (Å²) in [6.45, 7) is 5.48. The highest BCUT2D eigenvalue weighted by Gasteiger charge is 2.53. The van der Waals surface area contributed by atoms with Gasteiger partial charge in [-0.05, 0) is 19.1 Å².